The third kappa shape index (κ3) is 1.72. The van der Waals surface area contributed by atoms with Crippen molar-refractivity contribution < 1.29 is 0 Å². The molecular weight excluding hydrogens is 204 g/mol. The molecule has 0 atom stereocenters. The second-order valence-electron chi connectivity index (χ2n) is 4.25. The van der Waals surface area contributed by atoms with Crippen molar-refractivity contribution in [3.8, 4) is 11.1 Å². The first-order valence-corrected chi connectivity index (χ1v) is 5.82. The first kappa shape index (κ1) is 10.1. The van der Waals surface area contributed by atoms with Gasteiger partial charge in [0, 0.05) is 0 Å². The summed E-state index contributed by atoms with van der Waals surface area (Å²) in [5, 5.41) is 2.58. The van der Waals surface area contributed by atoms with Crippen molar-refractivity contribution in [3.05, 3.63) is 72.3 Å². The molecule has 0 saturated heterocycles. The summed E-state index contributed by atoms with van der Waals surface area (Å²) in [6.07, 6.45) is 0. The minimum atomic E-state index is 1.17. The van der Waals surface area contributed by atoms with Gasteiger partial charge in [0.1, 0.15) is 0 Å². The van der Waals surface area contributed by atoms with Crippen LogP contribution in [-0.2, 0) is 0 Å². The van der Waals surface area contributed by atoms with Crippen molar-refractivity contribution in [1.82, 2.24) is 0 Å². The number of hydrogen-bond donors (Lipinski definition) is 0. The van der Waals surface area contributed by atoms with Crippen molar-refractivity contribution in [2.24, 2.45) is 0 Å². The average Bonchev–Trinajstić information content (AvgIpc) is 2.39. The predicted octanol–water partition coefficient (Wildman–Crippen LogP) is 4.62. The van der Waals surface area contributed by atoms with Crippen molar-refractivity contribution >= 4 is 10.8 Å². The zero-order chi connectivity index (χ0) is 11.7. The molecule has 0 N–H and O–H groups in total. The molecule has 0 nitrogen and oxygen atoms in total. The van der Waals surface area contributed by atoms with Crippen LogP contribution in [0.25, 0.3) is 21.9 Å². The first-order valence-electron chi connectivity index (χ1n) is 5.82. The van der Waals surface area contributed by atoms with Gasteiger partial charge in [0.2, 0.25) is 0 Å². The maximum Gasteiger partial charge on any atom is -0.00699 e. The van der Waals surface area contributed by atoms with E-state index in [2.05, 4.69) is 61.5 Å². The molecule has 0 unspecified atom stereocenters. The molecule has 0 aromatic heterocycles. The standard InChI is InChI=1S/C17H13/c1-13-11-12-14-7-5-6-10-16(14)17(13)15-8-3-2-4-9-15/h2-8,10-12H,1H3. The minimum absolute atomic E-state index is 1.17. The van der Waals surface area contributed by atoms with Gasteiger partial charge in [0.25, 0.3) is 0 Å². The molecule has 0 heteroatoms. The molecule has 3 aromatic rings. The van der Waals surface area contributed by atoms with E-state index in [4.69, 9.17) is 0 Å². The topological polar surface area (TPSA) is 0 Å². The second kappa shape index (κ2) is 4.06. The highest BCUT2D eigenvalue weighted by molar-refractivity contribution is 5.98. The lowest BCUT2D eigenvalue weighted by molar-refractivity contribution is 1.48. The van der Waals surface area contributed by atoms with Crippen molar-refractivity contribution in [2.45, 2.75) is 6.92 Å². The lowest BCUT2D eigenvalue weighted by atomic mass is 9.94. The Morgan fingerprint density at radius 3 is 2.47 bits per heavy atom. The van der Waals surface area contributed by atoms with Crippen molar-refractivity contribution in [3.63, 3.8) is 0 Å². The van der Waals surface area contributed by atoms with E-state index >= 15 is 0 Å². The van der Waals surface area contributed by atoms with Gasteiger partial charge in [-0.05, 0) is 40.5 Å². The zero-order valence-electron chi connectivity index (χ0n) is 9.77. The Morgan fingerprint density at radius 2 is 1.65 bits per heavy atom. The summed E-state index contributed by atoms with van der Waals surface area (Å²) in [6, 6.07) is 24.3. The van der Waals surface area contributed by atoms with Gasteiger partial charge in [0.05, 0.1) is 0 Å². The number of hydrogen-bond acceptors (Lipinski definition) is 0. The SMILES string of the molecule is Cc1ccc2ccccc2c1-c1[c]cccc1. The molecule has 17 heavy (non-hydrogen) atoms. The summed E-state index contributed by atoms with van der Waals surface area (Å²) < 4.78 is 0. The fourth-order valence-electron chi connectivity index (χ4n) is 2.29. The van der Waals surface area contributed by atoms with Crippen LogP contribution in [0.5, 0.6) is 0 Å². The van der Waals surface area contributed by atoms with Gasteiger partial charge in [-0.15, -0.1) is 0 Å². The largest absolute Gasteiger partial charge is 0.0616 e. The highest BCUT2D eigenvalue weighted by atomic mass is 14.1. The van der Waals surface area contributed by atoms with Gasteiger partial charge < -0.3 is 0 Å². The van der Waals surface area contributed by atoms with Gasteiger partial charge in [-0.3, -0.25) is 0 Å². The van der Waals surface area contributed by atoms with Crippen LogP contribution in [0, 0.1) is 13.0 Å². The summed E-state index contributed by atoms with van der Waals surface area (Å²) in [5.41, 5.74) is 3.76. The van der Waals surface area contributed by atoms with Crippen LogP contribution >= 0.6 is 0 Å². The Morgan fingerprint density at radius 1 is 0.824 bits per heavy atom. The molecular formula is C17H13. The van der Waals surface area contributed by atoms with E-state index in [1.807, 2.05) is 12.1 Å². The lowest BCUT2D eigenvalue weighted by Gasteiger charge is -2.10. The molecule has 3 aromatic carbocycles. The summed E-state index contributed by atoms with van der Waals surface area (Å²) in [5.74, 6) is 0. The van der Waals surface area contributed by atoms with Gasteiger partial charge in [-0.25, -0.2) is 0 Å². The quantitative estimate of drug-likeness (QED) is 0.558. The minimum Gasteiger partial charge on any atom is -0.0616 e. The summed E-state index contributed by atoms with van der Waals surface area (Å²) >= 11 is 0. The Bertz CT molecular complexity index is 651. The molecule has 81 valence electrons. The van der Waals surface area contributed by atoms with Crippen molar-refractivity contribution in [2.75, 3.05) is 0 Å². The molecule has 0 bridgehead atoms. The maximum absolute atomic E-state index is 3.32. The van der Waals surface area contributed by atoms with E-state index in [-0.39, 0.29) is 0 Å². The van der Waals surface area contributed by atoms with Gasteiger partial charge in [-0.2, -0.15) is 0 Å². The van der Waals surface area contributed by atoms with Crippen molar-refractivity contribution in [1.29, 1.82) is 0 Å². The van der Waals surface area contributed by atoms with Gasteiger partial charge >= 0.3 is 0 Å². The van der Waals surface area contributed by atoms with E-state index in [0.717, 1.165) is 0 Å². The van der Waals surface area contributed by atoms with Crippen LogP contribution in [-0.4, -0.2) is 0 Å². The maximum atomic E-state index is 3.32. The third-order valence-electron chi connectivity index (χ3n) is 3.12. The zero-order valence-corrected chi connectivity index (χ0v) is 9.77. The molecule has 0 aliphatic carbocycles. The molecule has 0 spiro atoms. The van der Waals surface area contributed by atoms with Crippen LogP contribution in [0.1, 0.15) is 5.56 Å². The summed E-state index contributed by atoms with van der Waals surface area (Å²) in [7, 11) is 0. The van der Waals surface area contributed by atoms with E-state index in [1.165, 1.54) is 27.5 Å². The molecule has 0 fully saturated rings. The smallest absolute Gasteiger partial charge is 0.00699 e. The van der Waals surface area contributed by atoms with Crippen LogP contribution in [0.3, 0.4) is 0 Å². The van der Waals surface area contributed by atoms with E-state index in [1.54, 1.807) is 0 Å². The molecule has 0 aliphatic heterocycles. The number of fused-ring (bicyclic) bond motifs is 1. The first-order chi connectivity index (χ1) is 8.36. The predicted molar refractivity (Wildman–Crippen MR) is 73.0 cm³/mol. The second-order valence-corrected chi connectivity index (χ2v) is 4.25. The van der Waals surface area contributed by atoms with Gasteiger partial charge in [0.15, 0.2) is 0 Å². The summed E-state index contributed by atoms with van der Waals surface area (Å²) in [4.78, 5) is 0. The number of benzene rings is 3. The monoisotopic (exact) mass is 217 g/mol. The van der Waals surface area contributed by atoms with E-state index in [0.29, 0.717) is 0 Å². The van der Waals surface area contributed by atoms with E-state index < -0.39 is 0 Å². The van der Waals surface area contributed by atoms with Gasteiger partial charge in [-0.1, -0.05) is 60.7 Å². The van der Waals surface area contributed by atoms with Crippen LogP contribution in [0.15, 0.2) is 60.7 Å². The lowest BCUT2D eigenvalue weighted by Crippen LogP contribution is -1.85. The highest BCUT2D eigenvalue weighted by Gasteiger charge is 2.06. The van der Waals surface area contributed by atoms with Crippen LogP contribution < -0.4 is 0 Å². The van der Waals surface area contributed by atoms with Crippen LogP contribution in [0.4, 0.5) is 0 Å². The average molecular weight is 217 g/mol. The summed E-state index contributed by atoms with van der Waals surface area (Å²) in [6.45, 7) is 2.16. The van der Waals surface area contributed by atoms with E-state index in [9.17, 15) is 0 Å². The molecule has 0 saturated carbocycles. The highest BCUT2D eigenvalue weighted by Crippen LogP contribution is 2.31. The fourth-order valence-corrected chi connectivity index (χ4v) is 2.29. The molecule has 0 aliphatic rings. The Labute approximate surface area is 102 Å². The normalized spacial score (nSPS) is 10.6. The molecule has 3 rings (SSSR count). The molecule has 0 amide bonds. The van der Waals surface area contributed by atoms with Crippen LogP contribution in [0.2, 0.25) is 0 Å². The number of aryl methyl sites for hydroxylation is 1. The molecule has 0 heterocycles. The Balaban J connectivity index is 2.39. The molecule has 1 radical (unpaired) electrons. The Kier molecular flexibility index (Phi) is 2.41. The third-order valence-corrected chi connectivity index (χ3v) is 3.12. The Hall–Kier alpha value is -2.08. The fraction of sp³-hybridized carbons (Fsp3) is 0.0588. The number of rotatable bonds is 1.